The van der Waals surface area contributed by atoms with E-state index < -0.39 is 5.92 Å². The quantitative estimate of drug-likeness (QED) is 0.885. The first-order valence-corrected chi connectivity index (χ1v) is 6.23. The van der Waals surface area contributed by atoms with Gasteiger partial charge in [0, 0.05) is 0 Å². The number of amides is 1. The van der Waals surface area contributed by atoms with Crippen molar-refractivity contribution in [2.75, 3.05) is 0 Å². The van der Waals surface area contributed by atoms with Gasteiger partial charge in [0.05, 0.1) is 12.1 Å². The highest BCUT2D eigenvalue weighted by molar-refractivity contribution is 5.81. The molecule has 0 fully saturated rings. The number of aryl methyl sites for hydroxylation is 1. The number of rotatable bonds is 4. The smallest absolute Gasteiger partial charge is 0.238 e. The van der Waals surface area contributed by atoms with Crippen molar-refractivity contribution in [1.29, 1.82) is 5.26 Å². The van der Waals surface area contributed by atoms with Gasteiger partial charge in [-0.15, -0.1) is 0 Å². The van der Waals surface area contributed by atoms with Crippen LogP contribution in [0.2, 0.25) is 0 Å². The largest absolute Gasteiger partial charge is 0.348 e. The zero-order valence-electron chi connectivity index (χ0n) is 11.4. The lowest BCUT2D eigenvalue weighted by atomic mass is 9.95. The number of hydrogen-bond acceptors (Lipinski definition) is 2. The molecule has 0 bridgehead atoms. The Bertz CT molecular complexity index is 460. The second-order valence-corrected chi connectivity index (χ2v) is 4.94. The minimum absolute atomic E-state index is 0.0269. The minimum Gasteiger partial charge on any atom is -0.348 e. The van der Waals surface area contributed by atoms with Gasteiger partial charge in [0.2, 0.25) is 5.91 Å². The second-order valence-electron chi connectivity index (χ2n) is 4.94. The van der Waals surface area contributed by atoms with Crippen molar-refractivity contribution >= 4 is 5.91 Å². The third-order valence-electron chi connectivity index (χ3n) is 3.10. The topological polar surface area (TPSA) is 52.9 Å². The van der Waals surface area contributed by atoms with E-state index >= 15 is 0 Å². The maximum Gasteiger partial charge on any atom is 0.238 e. The van der Waals surface area contributed by atoms with Gasteiger partial charge in [0.1, 0.15) is 5.92 Å². The van der Waals surface area contributed by atoms with E-state index in [0.717, 1.165) is 11.1 Å². The van der Waals surface area contributed by atoms with E-state index in [-0.39, 0.29) is 17.9 Å². The van der Waals surface area contributed by atoms with Gasteiger partial charge in [0.25, 0.3) is 0 Å². The van der Waals surface area contributed by atoms with Crippen LogP contribution in [0.25, 0.3) is 0 Å². The normalized spacial score (nSPS) is 13.8. The van der Waals surface area contributed by atoms with E-state index in [2.05, 4.69) is 11.4 Å². The summed E-state index contributed by atoms with van der Waals surface area (Å²) < 4.78 is 0. The van der Waals surface area contributed by atoms with Crippen LogP contribution in [0.3, 0.4) is 0 Å². The van der Waals surface area contributed by atoms with Gasteiger partial charge in [-0.3, -0.25) is 4.79 Å². The number of nitriles is 1. The van der Waals surface area contributed by atoms with Gasteiger partial charge in [-0.25, -0.2) is 0 Å². The van der Waals surface area contributed by atoms with E-state index in [4.69, 9.17) is 5.26 Å². The van der Waals surface area contributed by atoms with E-state index in [1.165, 1.54) is 0 Å². The fourth-order valence-corrected chi connectivity index (χ4v) is 1.96. The molecule has 0 aromatic heterocycles. The number of nitrogens with zero attached hydrogens (tertiary/aromatic N) is 1. The molecule has 0 saturated heterocycles. The number of carbonyl (C=O) groups is 1. The van der Waals surface area contributed by atoms with Crippen LogP contribution in [-0.4, -0.2) is 5.91 Å². The molecule has 18 heavy (non-hydrogen) atoms. The summed E-state index contributed by atoms with van der Waals surface area (Å²) in [5.74, 6) is -0.751. The number of nitrogens with one attached hydrogen (secondary N) is 1. The first-order valence-electron chi connectivity index (χ1n) is 6.23. The lowest BCUT2D eigenvalue weighted by Crippen LogP contribution is -2.34. The molecule has 3 heteroatoms. The summed E-state index contributed by atoms with van der Waals surface area (Å²) >= 11 is 0. The van der Waals surface area contributed by atoms with Crippen LogP contribution >= 0.6 is 0 Å². The molecule has 0 spiro atoms. The molecule has 1 aromatic rings. The summed E-state index contributed by atoms with van der Waals surface area (Å²) in [5, 5.41) is 11.9. The third-order valence-corrected chi connectivity index (χ3v) is 3.10. The number of hydrogen-bond donors (Lipinski definition) is 1. The Kier molecular flexibility index (Phi) is 4.91. The van der Waals surface area contributed by atoms with Crippen molar-refractivity contribution in [3.8, 4) is 6.07 Å². The Morgan fingerprint density at radius 1 is 1.28 bits per heavy atom. The Labute approximate surface area is 109 Å². The van der Waals surface area contributed by atoms with Crippen molar-refractivity contribution in [1.82, 2.24) is 5.32 Å². The summed E-state index contributed by atoms with van der Waals surface area (Å²) in [7, 11) is 0. The van der Waals surface area contributed by atoms with Crippen LogP contribution in [0.5, 0.6) is 0 Å². The monoisotopic (exact) mass is 244 g/mol. The zero-order valence-corrected chi connectivity index (χ0v) is 11.4. The molecule has 0 saturated carbocycles. The molecule has 2 unspecified atom stereocenters. The average Bonchev–Trinajstić information content (AvgIpc) is 2.29. The zero-order chi connectivity index (χ0) is 13.7. The average molecular weight is 244 g/mol. The Balaban J connectivity index is 2.77. The van der Waals surface area contributed by atoms with Crippen LogP contribution in [0.1, 0.15) is 37.9 Å². The molecule has 0 aliphatic carbocycles. The first kappa shape index (κ1) is 14.2. The van der Waals surface area contributed by atoms with Crippen molar-refractivity contribution in [2.45, 2.75) is 33.7 Å². The molecule has 96 valence electrons. The minimum atomic E-state index is -0.587. The van der Waals surface area contributed by atoms with Crippen molar-refractivity contribution in [3.05, 3.63) is 35.4 Å². The fraction of sp³-hybridized carbons (Fsp3) is 0.467. The van der Waals surface area contributed by atoms with Crippen LogP contribution in [-0.2, 0) is 4.79 Å². The van der Waals surface area contributed by atoms with E-state index in [1.807, 2.05) is 52.0 Å². The highest BCUT2D eigenvalue weighted by Crippen LogP contribution is 2.18. The molecule has 2 atom stereocenters. The van der Waals surface area contributed by atoms with Gasteiger partial charge in [0.15, 0.2) is 0 Å². The van der Waals surface area contributed by atoms with Crippen molar-refractivity contribution in [3.63, 3.8) is 0 Å². The number of carbonyl (C=O) groups excluding carboxylic acids is 1. The highest BCUT2D eigenvalue weighted by atomic mass is 16.1. The predicted octanol–water partition coefficient (Wildman–Crippen LogP) is 2.97. The standard InChI is InChI=1S/C15H20N2O/c1-10(2)14(9-16)15(18)17-12(4)13-8-6-5-7-11(13)3/h5-8,10,12,14H,1-4H3,(H,17,18). The summed E-state index contributed by atoms with van der Waals surface area (Å²) in [5.41, 5.74) is 2.23. The molecule has 3 nitrogen and oxygen atoms in total. The van der Waals surface area contributed by atoms with Gasteiger partial charge < -0.3 is 5.32 Å². The third kappa shape index (κ3) is 3.33. The molecular weight excluding hydrogens is 224 g/mol. The van der Waals surface area contributed by atoms with Crippen molar-refractivity contribution < 1.29 is 4.79 Å². The summed E-state index contributed by atoms with van der Waals surface area (Å²) in [6.45, 7) is 7.72. The Morgan fingerprint density at radius 2 is 1.89 bits per heavy atom. The second kappa shape index (κ2) is 6.20. The van der Waals surface area contributed by atoms with Gasteiger partial charge >= 0.3 is 0 Å². The SMILES string of the molecule is Cc1ccccc1C(C)NC(=O)C(C#N)C(C)C. The molecule has 1 amide bonds. The molecule has 0 aliphatic heterocycles. The molecule has 0 radical (unpaired) electrons. The van der Waals surface area contributed by atoms with Gasteiger partial charge in [-0.2, -0.15) is 5.26 Å². The molecule has 1 rings (SSSR count). The maximum absolute atomic E-state index is 12.0. The van der Waals surface area contributed by atoms with Crippen LogP contribution < -0.4 is 5.32 Å². The summed E-state index contributed by atoms with van der Waals surface area (Å²) in [4.78, 5) is 12.0. The van der Waals surface area contributed by atoms with Crippen LogP contribution in [0.4, 0.5) is 0 Å². The highest BCUT2D eigenvalue weighted by Gasteiger charge is 2.23. The maximum atomic E-state index is 12.0. The lowest BCUT2D eigenvalue weighted by Gasteiger charge is -2.19. The molecular formula is C15H20N2O. The lowest BCUT2D eigenvalue weighted by molar-refractivity contribution is -0.125. The van der Waals surface area contributed by atoms with E-state index in [1.54, 1.807) is 0 Å². The fourth-order valence-electron chi connectivity index (χ4n) is 1.96. The molecule has 1 N–H and O–H groups in total. The Morgan fingerprint density at radius 3 is 2.39 bits per heavy atom. The molecule has 1 aromatic carbocycles. The Hall–Kier alpha value is -1.82. The van der Waals surface area contributed by atoms with Crippen LogP contribution in [0.15, 0.2) is 24.3 Å². The van der Waals surface area contributed by atoms with Gasteiger partial charge in [-0.05, 0) is 30.9 Å². The number of benzene rings is 1. The van der Waals surface area contributed by atoms with E-state index in [0.29, 0.717) is 0 Å². The van der Waals surface area contributed by atoms with Crippen molar-refractivity contribution in [2.24, 2.45) is 11.8 Å². The predicted molar refractivity (Wildman–Crippen MR) is 71.7 cm³/mol. The molecule has 0 aliphatic rings. The van der Waals surface area contributed by atoms with E-state index in [9.17, 15) is 4.79 Å². The first-order chi connectivity index (χ1) is 8.47. The summed E-state index contributed by atoms with van der Waals surface area (Å²) in [6.07, 6.45) is 0. The van der Waals surface area contributed by atoms with Gasteiger partial charge in [-0.1, -0.05) is 38.1 Å². The van der Waals surface area contributed by atoms with Crippen LogP contribution in [0, 0.1) is 30.1 Å². The summed E-state index contributed by atoms with van der Waals surface area (Å²) in [6, 6.07) is 9.92. The molecule has 0 heterocycles.